The minimum atomic E-state index is -0.244. The van der Waals surface area contributed by atoms with Gasteiger partial charge in [-0.2, -0.15) is 0 Å². The standard InChI is InChI=1S/C26H31N3O2/c1-18-6-8-19(9-7-18)22-23(28-16-14-27(5)15-17-28)25(31)29(24(22)30)21-12-10-20(11-13-21)26(2,3)4/h6-13H,14-17H2,1-5H3. The highest BCUT2D eigenvalue weighted by Crippen LogP contribution is 2.36. The fourth-order valence-electron chi connectivity index (χ4n) is 4.17. The van der Waals surface area contributed by atoms with E-state index >= 15 is 0 Å². The van der Waals surface area contributed by atoms with Crippen LogP contribution in [0, 0.1) is 6.92 Å². The molecule has 0 spiro atoms. The van der Waals surface area contributed by atoms with E-state index in [9.17, 15) is 9.59 Å². The van der Waals surface area contributed by atoms with E-state index < -0.39 is 0 Å². The molecule has 0 saturated carbocycles. The molecule has 2 heterocycles. The molecule has 2 amide bonds. The number of amides is 2. The maximum Gasteiger partial charge on any atom is 0.282 e. The highest BCUT2D eigenvalue weighted by atomic mass is 16.2. The molecule has 1 fully saturated rings. The highest BCUT2D eigenvalue weighted by molar-refractivity contribution is 6.45. The Balaban J connectivity index is 1.76. The quantitative estimate of drug-likeness (QED) is 0.712. The number of carbonyl (C=O) groups is 2. The van der Waals surface area contributed by atoms with Gasteiger partial charge in [0.05, 0.1) is 11.3 Å². The Labute approximate surface area is 184 Å². The number of carbonyl (C=O) groups excluding carboxylic acids is 2. The smallest absolute Gasteiger partial charge is 0.282 e. The van der Waals surface area contributed by atoms with E-state index in [1.54, 1.807) is 0 Å². The minimum Gasteiger partial charge on any atom is -0.364 e. The second-order valence-electron chi connectivity index (χ2n) is 9.62. The summed E-state index contributed by atoms with van der Waals surface area (Å²) < 4.78 is 0. The molecule has 0 atom stereocenters. The molecule has 5 nitrogen and oxygen atoms in total. The molecule has 0 radical (unpaired) electrons. The third-order valence-corrected chi connectivity index (χ3v) is 6.21. The van der Waals surface area contributed by atoms with Gasteiger partial charge in [0.1, 0.15) is 5.70 Å². The van der Waals surface area contributed by atoms with Crippen molar-refractivity contribution in [2.75, 3.05) is 38.1 Å². The number of nitrogens with zero attached hydrogens (tertiary/aromatic N) is 3. The Bertz CT molecular complexity index is 1020. The molecule has 2 aliphatic rings. The van der Waals surface area contributed by atoms with Crippen LogP contribution < -0.4 is 4.90 Å². The van der Waals surface area contributed by atoms with Gasteiger partial charge in [0, 0.05) is 26.2 Å². The summed E-state index contributed by atoms with van der Waals surface area (Å²) in [5, 5.41) is 0. The van der Waals surface area contributed by atoms with E-state index in [1.165, 1.54) is 10.5 Å². The lowest BCUT2D eigenvalue weighted by molar-refractivity contribution is -0.120. The topological polar surface area (TPSA) is 43.9 Å². The molecule has 0 N–H and O–H groups in total. The van der Waals surface area contributed by atoms with Crippen molar-refractivity contribution in [2.24, 2.45) is 0 Å². The zero-order valence-corrected chi connectivity index (χ0v) is 19.1. The first-order chi connectivity index (χ1) is 14.7. The molecule has 4 rings (SSSR count). The van der Waals surface area contributed by atoms with Gasteiger partial charge < -0.3 is 9.80 Å². The van der Waals surface area contributed by atoms with E-state index in [2.05, 4.69) is 37.6 Å². The van der Waals surface area contributed by atoms with Crippen LogP contribution in [0.4, 0.5) is 5.69 Å². The van der Waals surface area contributed by atoms with Crippen LogP contribution in [0.2, 0.25) is 0 Å². The Morgan fingerprint density at radius 3 is 1.90 bits per heavy atom. The van der Waals surface area contributed by atoms with Crippen LogP contribution in [0.5, 0.6) is 0 Å². The van der Waals surface area contributed by atoms with Crippen molar-refractivity contribution >= 4 is 23.1 Å². The van der Waals surface area contributed by atoms with Gasteiger partial charge in [-0.3, -0.25) is 9.59 Å². The van der Waals surface area contributed by atoms with E-state index in [0.717, 1.165) is 37.3 Å². The monoisotopic (exact) mass is 417 g/mol. The number of imide groups is 1. The van der Waals surface area contributed by atoms with Crippen molar-refractivity contribution in [3.63, 3.8) is 0 Å². The third-order valence-electron chi connectivity index (χ3n) is 6.21. The van der Waals surface area contributed by atoms with Crippen LogP contribution in [0.1, 0.15) is 37.5 Å². The van der Waals surface area contributed by atoms with Crippen LogP contribution in [-0.2, 0) is 15.0 Å². The first-order valence-electron chi connectivity index (χ1n) is 10.9. The van der Waals surface area contributed by atoms with Gasteiger partial charge in [-0.15, -0.1) is 0 Å². The van der Waals surface area contributed by atoms with Crippen LogP contribution in [0.3, 0.4) is 0 Å². The van der Waals surface area contributed by atoms with Gasteiger partial charge in [0.15, 0.2) is 0 Å². The number of aryl methyl sites for hydroxylation is 1. The maximum absolute atomic E-state index is 13.6. The van der Waals surface area contributed by atoms with Crippen LogP contribution in [0.25, 0.3) is 5.57 Å². The first-order valence-corrected chi connectivity index (χ1v) is 10.9. The Hall–Kier alpha value is -2.92. The normalized spacial score (nSPS) is 18.4. The van der Waals surface area contributed by atoms with E-state index in [1.807, 2.05) is 55.5 Å². The van der Waals surface area contributed by atoms with Gasteiger partial charge in [-0.25, -0.2) is 4.90 Å². The lowest BCUT2D eigenvalue weighted by Gasteiger charge is -2.34. The molecule has 162 valence electrons. The largest absolute Gasteiger partial charge is 0.364 e. The second-order valence-corrected chi connectivity index (χ2v) is 9.62. The summed E-state index contributed by atoms with van der Waals surface area (Å²) in [6, 6.07) is 15.7. The zero-order valence-electron chi connectivity index (χ0n) is 19.1. The second kappa shape index (κ2) is 7.97. The molecular formula is C26H31N3O2. The molecule has 1 saturated heterocycles. The molecule has 31 heavy (non-hydrogen) atoms. The lowest BCUT2D eigenvalue weighted by Crippen LogP contribution is -2.46. The molecular weight excluding hydrogens is 386 g/mol. The first kappa shape index (κ1) is 21.3. The zero-order chi connectivity index (χ0) is 22.3. The summed E-state index contributed by atoms with van der Waals surface area (Å²) in [6.45, 7) is 11.7. The predicted octanol–water partition coefficient (Wildman–Crippen LogP) is 3.82. The van der Waals surface area contributed by atoms with Crippen molar-refractivity contribution in [3.05, 3.63) is 70.9 Å². The summed E-state index contributed by atoms with van der Waals surface area (Å²) >= 11 is 0. The number of rotatable bonds is 3. The number of anilines is 1. The average molecular weight is 418 g/mol. The predicted molar refractivity (Wildman–Crippen MR) is 125 cm³/mol. The summed E-state index contributed by atoms with van der Waals surface area (Å²) in [5.74, 6) is -0.472. The molecule has 2 aromatic rings. The Kier molecular flexibility index (Phi) is 5.48. The molecule has 0 aliphatic carbocycles. The minimum absolute atomic E-state index is 0.00779. The highest BCUT2D eigenvalue weighted by Gasteiger charge is 2.42. The summed E-state index contributed by atoms with van der Waals surface area (Å²) in [5.41, 5.74) is 4.76. The Morgan fingerprint density at radius 2 is 1.35 bits per heavy atom. The summed E-state index contributed by atoms with van der Waals surface area (Å²) in [6.07, 6.45) is 0. The fourth-order valence-corrected chi connectivity index (χ4v) is 4.17. The molecule has 2 aliphatic heterocycles. The van der Waals surface area contributed by atoms with Gasteiger partial charge in [0.25, 0.3) is 11.8 Å². The molecule has 0 aromatic heterocycles. The van der Waals surface area contributed by atoms with Crippen LogP contribution in [0.15, 0.2) is 54.2 Å². The van der Waals surface area contributed by atoms with E-state index in [-0.39, 0.29) is 17.2 Å². The summed E-state index contributed by atoms with van der Waals surface area (Å²) in [4.78, 5) is 32.9. The number of hydrogen-bond acceptors (Lipinski definition) is 4. The molecule has 0 unspecified atom stereocenters. The fraction of sp³-hybridized carbons (Fsp3) is 0.385. The summed E-state index contributed by atoms with van der Waals surface area (Å²) in [7, 11) is 2.08. The number of benzene rings is 2. The third kappa shape index (κ3) is 4.02. The van der Waals surface area contributed by atoms with Crippen molar-refractivity contribution in [1.82, 2.24) is 9.80 Å². The number of piperazine rings is 1. The van der Waals surface area contributed by atoms with Crippen molar-refractivity contribution in [2.45, 2.75) is 33.1 Å². The number of likely N-dealkylation sites (N-methyl/N-ethyl adjacent to an activating group) is 1. The van der Waals surface area contributed by atoms with Crippen LogP contribution in [-0.4, -0.2) is 54.8 Å². The Morgan fingerprint density at radius 1 is 0.774 bits per heavy atom. The lowest BCUT2D eigenvalue weighted by atomic mass is 9.87. The van der Waals surface area contributed by atoms with Crippen LogP contribution >= 0.6 is 0 Å². The molecule has 0 bridgehead atoms. The number of hydrogen-bond donors (Lipinski definition) is 0. The van der Waals surface area contributed by atoms with Gasteiger partial charge in [-0.05, 0) is 42.6 Å². The van der Waals surface area contributed by atoms with E-state index in [0.29, 0.717) is 17.0 Å². The SMILES string of the molecule is Cc1ccc(C2=C(N3CCN(C)CC3)C(=O)N(c3ccc(C(C)(C)C)cc3)C2=O)cc1. The average Bonchev–Trinajstić information content (AvgIpc) is 2.99. The van der Waals surface area contributed by atoms with Crippen molar-refractivity contribution in [3.8, 4) is 0 Å². The van der Waals surface area contributed by atoms with Crippen molar-refractivity contribution in [1.29, 1.82) is 0 Å². The van der Waals surface area contributed by atoms with Crippen molar-refractivity contribution < 1.29 is 9.59 Å². The van der Waals surface area contributed by atoms with Gasteiger partial charge in [0.2, 0.25) is 0 Å². The molecule has 5 heteroatoms. The van der Waals surface area contributed by atoms with Gasteiger partial charge in [-0.1, -0.05) is 62.7 Å². The molecule has 2 aromatic carbocycles. The maximum atomic E-state index is 13.6. The van der Waals surface area contributed by atoms with E-state index in [4.69, 9.17) is 0 Å². The van der Waals surface area contributed by atoms with Gasteiger partial charge >= 0.3 is 0 Å².